The van der Waals surface area contributed by atoms with E-state index in [1.807, 2.05) is 22.6 Å². The van der Waals surface area contributed by atoms with Gasteiger partial charge < -0.3 is 9.84 Å². The van der Waals surface area contributed by atoms with Crippen molar-refractivity contribution < 1.29 is 24.2 Å². The molecule has 1 N–H and O–H groups in total. The highest BCUT2D eigenvalue weighted by Gasteiger charge is 2.35. The fourth-order valence-electron chi connectivity index (χ4n) is 2.08. The summed E-state index contributed by atoms with van der Waals surface area (Å²) in [5, 5.41) is 8.85. The van der Waals surface area contributed by atoms with Gasteiger partial charge in [0.05, 0.1) is 8.04 Å². The van der Waals surface area contributed by atoms with Crippen molar-refractivity contribution in [2.75, 3.05) is 20.7 Å². The van der Waals surface area contributed by atoms with Crippen LogP contribution in [0.1, 0.15) is 5.56 Å². The molecule has 1 aromatic carbocycles. The lowest BCUT2D eigenvalue weighted by Gasteiger charge is -2.31. The van der Waals surface area contributed by atoms with Gasteiger partial charge in [0.15, 0.2) is 11.7 Å². The number of nitrogens with zero attached hydrogens (tertiary/aromatic N) is 2. The normalized spacial score (nSPS) is 14.9. The zero-order valence-corrected chi connectivity index (χ0v) is 17.6. The Hall–Kier alpha value is -1.53. The molecule has 0 aromatic heterocycles. The Kier molecular flexibility index (Phi) is 6.16. The van der Waals surface area contributed by atoms with E-state index in [9.17, 15) is 14.4 Å². The highest BCUT2D eigenvalue weighted by Crippen LogP contribution is 2.33. The van der Waals surface area contributed by atoms with Gasteiger partial charge in [-0.3, -0.25) is 19.4 Å². The summed E-state index contributed by atoms with van der Waals surface area (Å²) >= 11 is 10.3. The summed E-state index contributed by atoms with van der Waals surface area (Å²) in [7, 11) is 3.01. The minimum Gasteiger partial charge on any atom is -0.480 e. The molecule has 1 heterocycles. The van der Waals surface area contributed by atoms with E-state index < -0.39 is 24.4 Å². The first-order valence-electron chi connectivity index (χ1n) is 6.79. The topological polar surface area (TPSA) is 87.1 Å². The number of benzene rings is 1. The minimum atomic E-state index is -1.09. The molecule has 0 saturated carbocycles. The first-order valence-corrected chi connectivity index (χ1v) is 9.07. The van der Waals surface area contributed by atoms with Crippen LogP contribution in [0.4, 0.5) is 0 Å². The number of carboxylic acids is 1. The molecule has 0 spiro atoms. The van der Waals surface area contributed by atoms with Gasteiger partial charge in [-0.05, 0) is 74.5 Å². The van der Waals surface area contributed by atoms with E-state index in [1.54, 1.807) is 12.1 Å². The van der Waals surface area contributed by atoms with Gasteiger partial charge in [0.2, 0.25) is 0 Å². The van der Waals surface area contributed by atoms with E-state index in [2.05, 4.69) is 15.9 Å². The van der Waals surface area contributed by atoms with Gasteiger partial charge in [-0.25, -0.2) is 4.79 Å². The number of amides is 2. The van der Waals surface area contributed by atoms with Crippen LogP contribution in [0.15, 0.2) is 22.2 Å². The number of aliphatic carboxylic acids is 1. The molecule has 1 aromatic rings. The van der Waals surface area contributed by atoms with E-state index in [0.29, 0.717) is 19.4 Å². The number of thiocarbonyl (C=S) groups is 1. The molecule has 1 aliphatic rings. The lowest BCUT2D eigenvalue weighted by atomic mass is 10.1. The molecule has 2 rings (SSSR count). The molecule has 0 atom stereocenters. The van der Waals surface area contributed by atoms with Crippen LogP contribution < -0.4 is 4.74 Å². The molecule has 2 amide bonds. The van der Waals surface area contributed by atoms with Crippen LogP contribution in [0.5, 0.6) is 5.75 Å². The Morgan fingerprint density at radius 2 is 1.88 bits per heavy atom. The van der Waals surface area contributed by atoms with Gasteiger partial charge in [0, 0.05) is 14.1 Å². The number of halogens is 2. The Bertz CT molecular complexity index is 777. The number of hydrogen-bond acceptors (Lipinski definition) is 5. The smallest absolute Gasteiger partial charge is 0.341 e. The van der Waals surface area contributed by atoms with Gasteiger partial charge in [0.1, 0.15) is 11.3 Å². The summed E-state index contributed by atoms with van der Waals surface area (Å²) in [6.45, 7) is -0.473. The molecular formula is C15H12BrIN2O5S. The molecule has 25 heavy (non-hydrogen) atoms. The maximum Gasteiger partial charge on any atom is 0.341 e. The molecule has 1 saturated heterocycles. The number of rotatable bonds is 4. The van der Waals surface area contributed by atoms with E-state index in [0.717, 1.165) is 0 Å². The predicted molar refractivity (Wildman–Crippen MR) is 106 cm³/mol. The number of carboxylic acid groups (broad SMARTS) is 1. The molecule has 132 valence electrons. The maximum atomic E-state index is 12.3. The predicted octanol–water partition coefficient (Wildman–Crippen LogP) is 2.12. The largest absolute Gasteiger partial charge is 0.480 e. The third-order valence-corrected chi connectivity index (χ3v) is 5.25. The minimum absolute atomic E-state index is 0.0134. The number of ether oxygens (including phenoxy) is 1. The second-order valence-electron chi connectivity index (χ2n) is 5.07. The first-order chi connectivity index (χ1) is 11.6. The quantitative estimate of drug-likeness (QED) is 0.273. The molecule has 0 aliphatic carbocycles. The summed E-state index contributed by atoms with van der Waals surface area (Å²) in [5.74, 6) is -1.67. The number of carbonyl (C=O) groups is 3. The van der Waals surface area contributed by atoms with Gasteiger partial charge >= 0.3 is 5.97 Å². The standard InChI is InChI=1S/C15H12BrIN2O5S/c1-18-13(22)8(14(23)19(2)15(18)25)3-7-4-9(16)12(10(17)5-7)24-6-11(20)21/h3-5H,6H2,1-2H3,(H,20,21). The molecule has 0 radical (unpaired) electrons. The third-order valence-electron chi connectivity index (χ3n) is 3.32. The average Bonchev–Trinajstić information content (AvgIpc) is 2.54. The van der Waals surface area contributed by atoms with Crippen molar-refractivity contribution in [3.8, 4) is 5.75 Å². The van der Waals surface area contributed by atoms with Crippen LogP contribution in [0.2, 0.25) is 0 Å². The Labute approximate surface area is 170 Å². The zero-order chi connectivity index (χ0) is 18.9. The fraction of sp³-hybridized carbons (Fsp3) is 0.200. The summed E-state index contributed by atoms with van der Waals surface area (Å²) in [4.78, 5) is 37.8. The van der Waals surface area contributed by atoms with Crippen LogP contribution in [0.3, 0.4) is 0 Å². The van der Waals surface area contributed by atoms with E-state index in [1.165, 1.54) is 30.0 Å². The molecule has 7 nitrogen and oxygen atoms in total. The summed E-state index contributed by atoms with van der Waals surface area (Å²) in [6, 6.07) is 3.32. The highest BCUT2D eigenvalue weighted by molar-refractivity contribution is 14.1. The van der Waals surface area contributed by atoms with Crippen molar-refractivity contribution in [3.05, 3.63) is 31.3 Å². The third kappa shape index (κ3) is 4.18. The average molecular weight is 539 g/mol. The van der Waals surface area contributed by atoms with E-state index >= 15 is 0 Å². The first kappa shape index (κ1) is 19.8. The monoisotopic (exact) mass is 538 g/mol. The van der Waals surface area contributed by atoms with Crippen molar-refractivity contribution in [2.24, 2.45) is 0 Å². The number of carbonyl (C=O) groups excluding carboxylic acids is 2. The summed E-state index contributed by atoms with van der Waals surface area (Å²) in [5.41, 5.74) is 0.575. The van der Waals surface area contributed by atoms with Gasteiger partial charge in [-0.2, -0.15) is 0 Å². The highest BCUT2D eigenvalue weighted by atomic mass is 127. The maximum absolute atomic E-state index is 12.3. The Balaban J connectivity index is 2.40. The van der Waals surface area contributed by atoms with Crippen molar-refractivity contribution in [3.63, 3.8) is 0 Å². The van der Waals surface area contributed by atoms with Crippen LogP contribution in [-0.2, 0) is 14.4 Å². The summed E-state index contributed by atoms with van der Waals surface area (Å²) in [6.07, 6.45) is 1.47. The van der Waals surface area contributed by atoms with Crippen LogP contribution >= 0.6 is 50.7 Å². The van der Waals surface area contributed by atoms with Crippen molar-refractivity contribution in [1.82, 2.24) is 9.80 Å². The SMILES string of the molecule is CN1C(=O)C(=Cc2cc(Br)c(OCC(=O)O)c(I)c2)C(=O)N(C)C1=S. The lowest BCUT2D eigenvalue weighted by molar-refractivity contribution is -0.139. The second-order valence-corrected chi connectivity index (χ2v) is 7.45. The molecule has 0 bridgehead atoms. The number of likely N-dealkylation sites (N-methyl/N-ethyl adjacent to an activating group) is 2. The van der Waals surface area contributed by atoms with Crippen molar-refractivity contribution in [1.29, 1.82) is 0 Å². The van der Waals surface area contributed by atoms with E-state index in [4.69, 9.17) is 22.1 Å². The molecule has 0 unspecified atom stereocenters. The zero-order valence-electron chi connectivity index (χ0n) is 13.1. The Morgan fingerprint density at radius 1 is 1.32 bits per heavy atom. The van der Waals surface area contributed by atoms with Crippen molar-refractivity contribution >= 4 is 79.7 Å². The molecular weight excluding hydrogens is 527 g/mol. The fourth-order valence-corrected chi connectivity index (χ4v) is 4.01. The van der Waals surface area contributed by atoms with Crippen LogP contribution in [-0.4, -0.2) is 58.5 Å². The van der Waals surface area contributed by atoms with Gasteiger partial charge in [-0.1, -0.05) is 0 Å². The molecule has 1 aliphatic heterocycles. The Morgan fingerprint density at radius 3 is 2.36 bits per heavy atom. The lowest BCUT2D eigenvalue weighted by Crippen LogP contribution is -2.52. The molecule has 10 heteroatoms. The van der Waals surface area contributed by atoms with Gasteiger partial charge in [0.25, 0.3) is 11.8 Å². The van der Waals surface area contributed by atoms with Crippen LogP contribution in [0, 0.1) is 3.57 Å². The van der Waals surface area contributed by atoms with Crippen molar-refractivity contribution in [2.45, 2.75) is 0 Å². The van der Waals surface area contributed by atoms with E-state index in [-0.39, 0.29) is 10.7 Å². The van der Waals surface area contributed by atoms with Crippen LogP contribution in [0.25, 0.3) is 6.08 Å². The molecule has 1 fully saturated rings. The second kappa shape index (κ2) is 7.79. The number of hydrogen-bond donors (Lipinski definition) is 1. The summed E-state index contributed by atoms with van der Waals surface area (Å²) < 4.78 is 6.37. The van der Waals surface area contributed by atoms with Gasteiger partial charge in [-0.15, -0.1) is 0 Å².